The molecular weight excluding hydrogens is 468 g/mol. The van der Waals surface area contributed by atoms with Crippen LogP contribution >= 0.6 is 0 Å². The lowest BCUT2D eigenvalue weighted by atomic mass is 10.1. The van der Waals surface area contributed by atoms with Crippen LogP contribution in [0.4, 0.5) is 11.4 Å². The van der Waals surface area contributed by atoms with Gasteiger partial charge in [0.05, 0.1) is 25.6 Å². The van der Waals surface area contributed by atoms with Gasteiger partial charge in [0, 0.05) is 50.9 Å². The topological polar surface area (TPSA) is 100 Å². The van der Waals surface area contributed by atoms with E-state index in [0.29, 0.717) is 48.9 Å². The first-order valence-corrected chi connectivity index (χ1v) is 12.7. The lowest BCUT2D eigenvalue weighted by molar-refractivity contribution is 0.0791. The number of sulfonamides is 1. The van der Waals surface area contributed by atoms with Crippen LogP contribution in [0.1, 0.15) is 10.4 Å². The van der Waals surface area contributed by atoms with Gasteiger partial charge in [-0.05, 0) is 30.3 Å². The highest BCUT2D eigenvalue weighted by Crippen LogP contribution is 2.34. The van der Waals surface area contributed by atoms with Gasteiger partial charge in [0.2, 0.25) is 0 Å². The predicted octanol–water partition coefficient (Wildman–Crippen LogP) is 2.73. The Morgan fingerprint density at radius 2 is 1.77 bits per heavy atom. The van der Waals surface area contributed by atoms with E-state index < -0.39 is 10.0 Å². The maximum absolute atomic E-state index is 13.5. The molecule has 0 atom stereocenters. The number of carbonyl (C=O) groups excluding carboxylic acids is 1. The van der Waals surface area contributed by atoms with Crippen molar-refractivity contribution in [2.24, 2.45) is 0 Å². The van der Waals surface area contributed by atoms with Crippen LogP contribution in [0.2, 0.25) is 0 Å². The zero-order chi connectivity index (χ0) is 25.4. The monoisotopic (exact) mass is 500 g/mol. The Balaban J connectivity index is 2.07. The van der Waals surface area contributed by atoms with Crippen molar-refractivity contribution >= 4 is 27.3 Å². The van der Waals surface area contributed by atoms with Gasteiger partial charge in [0.1, 0.15) is 16.4 Å². The summed E-state index contributed by atoms with van der Waals surface area (Å²) in [5.41, 5.74) is 1.34. The van der Waals surface area contributed by atoms with Crippen molar-refractivity contribution in [1.29, 1.82) is 0 Å². The van der Waals surface area contributed by atoms with Crippen molar-refractivity contribution in [2.45, 2.75) is 4.90 Å². The van der Waals surface area contributed by atoms with E-state index in [9.17, 15) is 13.2 Å². The van der Waals surface area contributed by atoms with E-state index >= 15 is 0 Å². The van der Waals surface area contributed by atoms with E-state index in [1.54, 1.807) is 41.3 Å². The van der Waals surface area contributed by atoms with Gasteiger partial charge >= 0.3 is 0 Å². The molecule has 1 heterocycles. The van der Waals surface area contributed by atoms with Crippen LogP contribution in [0.15, 0.2) is 66.6 Å². The molecule has 0 aromatic heterocycles. The zero-order valence-corrected chi connectivity index (χ0v) is 20.9. The molecule has 0 bridgehead atoms. The third-order valence-corrected chi connectivity index (χ3v) is 6.98. The molecule has 1 fully saturated rings. The summed E-state index contributed by atoms with van der Waals surface area (Å²) in [6.45, 7) is 11.0. The van der Waals surface area contributed by atoms with Gasteiger partial charge in [0.15, 0.2) is 0 Å². The number of piperazine rings is 1. The van der Waals surface area contributed by atoms with Crippen LogP contribution in [0.25, 0.3) is 0 Å². The Morgan fingerprint density at radius 3 is 2.37 bits per heavy atom. The number of hydrogen-bond donors (Lipinski definition) is 2. The summed E-state index contributed by atoms with van der Waals surface area (Å²) >= 11 is 0. The fourth-order valence-corrected chi connectivity index (χ4v) is 5.11. The molecule has 2 N–H and O–H groups in total. The van der Waals surface area contributed by atoms with Crippen LogP contribution in [-0.2, 0) is 10.0 Å². The van der Waals surface area contributed by atoms with Gasteiger partial charge in [-0.2, -0.15) is 0 Å². The second-order valence-electron chi connectivity index (χ2n) is 7.88. The smallest absolute Gasteiger partial charge is 0.265 e. The number of nitrogens with zero attached hydrogens (tertiary/aromatic N) is 2. The third-order valence-electron chi connectivity index (χ3n) is 5.59. The number of benzene rings is 2. The molecule has 0 spiro atoms. The molecular formula is C25H32N4O5S. The maximum atomic E-state index is 13.5. The molecule has 2 aromatic carbocycles. The molecule has 10 heteroatoms. The summed E-state index contributed by atoms with van der Waals surface area (Å²) in [7, 11) is -1.22. The minimum absolute atomic E-state index is 0.0673. The summed E-state index contributed by atoms with van der Waals surface area (Å²) in [5, 5.41) is 3.29. The number of rotatable bonds is 11. The Kier molecular flexibility index (Phi) is 8.78. The van der Waals surface area contributed by atoms with Crippen LogP contribution in [0, 0.1) is 0 Å². The maximum Gasteiger partial charge on any atom is 0.265 e. The van der Waals surface area contributed by atoms with E-state index in [0.717, 1.165) is 13.1 Å². The average Bonchev–Trinajstić information content (AvgIpc) is 2.88. The quantitative estimate of drug-likeness (QED) is 0.458. The number of carbonyl (C=O) groups is 1. The van der Waals surface area contributed by atoms with Crippen LogP contribution in [0.3, 0.4) is 0 Å². The first-order valence-electron chi connectivity index (χ1n) is 11.2. The number of hydrogen-bond acceptors (Lipinski definition) is 7. The number of ether oxygens (including phenoxy) is 2. The van der Waals surface area contributed by atoms with Crippen LogP contribution in [0.5, 0.6) is 11.5 Å². The molecule has 1 saturated heterocycles. The minimum Gasteiger partial charge on any atom is -0.497 e. The number of amides is 1. The average molecular weight is 501 g/mol. The standard InChI is InChI=1S/C25H32N4O5S/c1-5-13-29(14-6-2)25(30)19-7-9-22(28-15-11-26-12-16-28)21(17-19)27-35(31,32)24-18-20(33-3)8-10-23(24)34-4/h5-10,17-18,26-27H,1-2,11-16H2,3-4H3. The highest BCUT2D eigenvalue weighted by molar-refractivity contribution is 7.92. The Bertz CT molecular complexity index is 1170. The molecule has 0 radical (unpaired) electrons. The number of anilines is 2. The molecule has 0 unspecified atom stereocenters. The summed E-state index contributed by atoms with van der Waals surface area (Å²) in [5.74, 6) is 0.301. The van der Waals surface area contributed by atoms with Crippen LogP contribution < -0.4 is 24.4 Å². The Hall–Kier alpha value is -3.50. The molecule has 1 aliphatic heterocycles. The normalized spacial score (nSPS) is 13.6. The summed E-state index contributed by atoms with van der Waals surface area (Å²) in [6, 6.07) is 9.62. The summed E-state index contributed by atoms with van der Waals surface area (Å²) in [4.78, 5) is 16.8. The largest absolute Gasteiger partial charge is 0.497 e. The Morgan fingerprint density at radius 1 is 1.09 bits per heavy atom. The molecule has 1 amide bonds. The van der Waals surface area contributed by atoms with E-state index in [1.165, 1.54) is 26.4 Å². The van der Waals surface area contributed by atoms with Crippen molar-refractivity contribution in [2.75, 3.05) is 63.1 Å². The molecule has 9 nitrogen and oxygen atoms in total. The van der Waals surface area contributed by atoms with E-state index in [1.807, 2.05) is 0 Å². The van der Waals surface area contributed by atoms with E-state index in [4.69, 9.17) is 9.47 Å². The minimum atomic E-state index is -4.09. The van der Waals surface area contributed by atoms with Gasteiger partial charge in [-0.15, -0.1) is 13.2 Å². The second kappa shape index (κ2) is 11.8. The van der Waals surface area contributed by atoms with Crippen molar-refractivity contribution in [3.8, 4) is 11.5 Å². The van der Waals surface area contributed by atoms with Crippen molar-refractivity contribution in [3.05, 3.63) is 67.3 Å². The van der Waals surface area contributed by atoms with Crippen molar-refractivity contribution in [3.63, 3.8) is 0 Å². The molecule has 3 rings (SSSR count). The van der Waals surface area contributed by atoms with Crippen molar-refractivity contribution < 1.29 is 22.7 Å². The van der Waals surface area contributed by atoms with Crippen molar-refractivity contribution in [1.82, 2.24) is 10.2 Å². The molecule has 35 heavy (non-hydrogen) atoms. The molecule has 2 aromatic rings. The molecule has 0 saturated carbocycles. The summed E-state index contributed by atoms with van der Waals surface area (Å²) < 4.78 is 40.2. The van der Waals surface area contributed by atoms with Crippen LogP contribution in [-0.4, -0.2) is 72.7 Å². The van der Waals surface area contributed by atoms with Gasteiger partial charge in [-0.3, -0.25) is 9.52 Å². The molecule has 188 valence electrons. The van der Waals surface area contributed by atoms with Gasteiger partial charge < -0.3 is 24.6 Å². The van der Waals surface area contributed by atoms with Gasteiger partial charge in [-0.25, -0.2) is 8.42 Å². The SMILES string of the molecule is C=CCN(CC=C)C(=O)c1ccc(N2CCNCC2)c(NS(=O)(=O)c2cc(OC)ccc2OC)c1. The molecule has 1 aliphatic rings. The fraction of sp³-hybridized carbons (Fsp3) is 0.320. The first-order chi connectivity index (χ1) is 16.8. The highest BCUT2D eigenvalue weighted by atomic mass is 32.2. The lowest BCUT2D eigenvalue weighted by Crippen LogP contribution is -2.43. The zero-order valence-electron chi connectivity index (χ0n) is 20.1. The molecule has 0 aliphatic carbocycles. The lowest BCUT2D eigenvalue weighted by Gasteiger charge is -2.31. The third kappa shape index (κ3) is 6.14. The second-order valence-corrected chi connectivity index (χ2v) is 9.53. The van der Waals surface area contributed by atoms with E-state index in [2.05, 4.69) is 28.1 Å². The summed E-state index contributed by atoms with van der Waals surface area (Å²) in [6.07, 6.45) is 3.27. The predicted molar refractivity (Wildman–Crippen MR) is 138 cm³/mol. The van der Waals surface area contributed by atoms with Gasteiger partial charge in [-0.1, -0.05) is 12.2 Å². The van der Waals surface area contributed by atoms with Gasteiger partial charge in [0.25, 0.3) is 15.9 Å². The number of methoxy groups -OCH3 is 2. The first kappa shape index (κ1) is 26.1. The number of nitrogens with one attached hydrogen (secondary N) is 2. The Labute approximate surface area is 207 Å². The van der Waals surface area contributed by atoms with E-state index in [-0.39, 0.29) is 16.6 Å². The fourth-order valence-electron chi connectivity index (χ4n) is 3.86. The highest BCUT2D eigenvalue weighted by Gasteiger charge is 2.25.